The first-order valence-electron chi connectivity index (χ1n) is 13.2. The Kier molecular flexibility index (Phi) is 9.71. The summed E-state index contributed by atoms with van der Waals surface area (Å²) >= 11 is 0. The van der Waals surface area contributed by atoms with Crippen LogP contribution >= 0.6 is 0 Å². The number of carbonyl (C=O) groups excluding carboxylic acids is 1. The highest BCUT2D eigenvalue weighted by molar-refractivity contribution is 7.69. The molecule has 1 aliphatic heterocycles. The maximum Gasteiger partial charge on any atom is 0.507 e. The lowest BCUT2D eigenvalue weighted by atomic mass is 10.0. The van der Waals surface area contributed by atoms with Gasteiger partial charge in [0.1, 0.15) is 11.6 Å². The van der Waals surface area contributed by atoms with Crippen molar-refractivity contribution in [1.29, 1.82) is 0 Å². The normalized spacial score (nSPS) is 15.8. The van der Waals surface area contributed by atoms with Crippen LogP contribution in [0.25, 0.3) is 22.4 Å². The number of ether oxygens (including phenoxy) is 1. The molecule has 2 N–H and O–H groups in total. The summed E-state index contributed by atoms with van der Waals surface area (Å²) in [5.41, 5.74) is 2.26. The van der Waals surface area contributed by atoms with Crippen molar-refractivity contribution < 1.29 is 36.7 Å². The van der Waals surface area contributed by atoms with Crippen molar-refractivity contribution in [3.8, 4) is 11.3 Å². The fraction of sp³-hybridized carbons (Fsp3) is 0.444. The standard InChI is InChI=1S/C27H33FN4O7S/c1-3-17-15-20-23(25(33)29-2)24(18-8-10-19(28)11-9-18)39-26(20)30-21(17)16-32(40(36)37)14-5-4-12-31-13-6-7-22(31)38-27(34)35/h8-11,15,22,40H,3-7,12-14,16H2,1-2H3,(H,29,33)(H,34,35)/t22-/m0/s1. The summed E-state index contributed by atoms with van der Waals surface area (Å²) in [5.74, 6) is -0.552. The number of hydrogen-bond acceptors (Lipinski definition) is 8. The van der Waals surface area contributed by atoms with Crippen LogP contribution in [0.1, 0.15) is 54.2 Å². The van der Waals surface area contributed by atoms with Gasteiger partial charge in [-0.25, -0.2) is 22.6 Å². The number of rotatable bonds is 12. The molecule has 13 heteroatoms. The SMILES string of the molecule is CCc1cc2c(C(=O)NC)c(-c3ccc(F)cc3)oc2nc1CN(CCCCN1CCC[C@@H]1OC(=O)O)[SH](=O)=O. The average molecular weight is 577 g/mol. The molecule has 0 aliphatic carbocycles. The fourth-order valence-electron chi connectivity index (χ4n) is 5.00. The molecule has 3 aromatic rings. The van der Waals surface area contributed by atoms with Gasteiger partial charge in [0, 0.05) is 32.2 Å². The largest absolute Gasteiger partial charge is 0.507 e. The Balaban J connectivity index is 1.53. The number of nitrogens with zero attached hydrogens (tertiary/aromatic N) is 3. The monoisotopic (exact) mass is 576 g/mol. The van der Waals surface area contributed by atoms with Crippen molar-refractivity contribution in [2.24, 2.45) is 0 Å². The first-order chi connectivity index (χ1) is 19.2. The van der Waals surface area contributed by atoms with Gasteiger partial charge in [0.15, 0.2) is 6.23 Å². The minimum absolute atomic E-state index is 0.0359. The first kappa shape index (κ1) is 29.4. The summed E-state index contributed by atoms with van der Waals surface area (Å²) in [6.45, 7) is 3.56. The number of pyridine rings is 1. The van der Waals surface area contributed by atoms with Crippen molar-refractivity contribution in [3.63, 3.8) is 0 Å². The van der Waals surface area contributed by atoms with Crippen molar-refractivity contribution in [2.75, 3.05) is 26.7 Å². The molecule has 0 unspecified atom stereocenters. The lowest BCUT2D eigenvalue weighted by molar-refractivity contribution is -0.0140. The highest BCUT2D eigenvalue weighted by Gasteiger charge is 2.28. The number of aryl methyl sites for hydroxylation is 1. The zero-order valence-corrected chi connectivity index (χ0v) is 23.3. The van der Waals surface area contributed by atoms with Crippen LogP contribution in [0.3, 0.4) is 0 Å². The van der Waals surface area contributed by atoms with Gasteiger partial charge in [0.2, 0.25) is 16.6 Å². The Morgan fingerprint density at radius 2 is 2.02 bits per heavy atom. The number of carbonyl (C=O) groups is 2. The van der Waals surface area contributed by atoms with E-state index in [-0.39, 0.29) is 36.0 Å². The van der Waals surface area contributed by atoms with E-state index in [1.54, 1.807) is 6.07 Å². The van der Waals surface area contributed by atoms with Gasteiger partial charge in [-0.05, 0) is 68.0 Å². The van der Waals surface area contributed by atoms with E-state index in [9.17, 15) is 22.4 Å². The van der Waals surface area contributed by atoms with E-state index in [1.807, 2.05) is 11.8 Å². The van der Waals surface area contributed by atoms with E-state index >= 15 is 0 Å². The molecule has 0 radical (unpaired) electrons. The van der Waals surface area contributed by atoms with Crippen LogP contribution in [-0.2, 0) is 28.6 Å². The molecule has 0 bridgehead atoms. The third kappa shape index (κ3) is 6.77. The van der Waals surface area contributed by atoms with Gasteiger partial charge >= 0.3 is 6.16 Å². The average Bonchev–Trinajstić information content (AvgIpc) is 3.52. The minimum Gasteiger partial charge on any atom is -0.450 e. The molecule has 1 aliphatic rings. The van der Waals surface area contributed by atoms with Gasteiger partial charge in [-0.3, -0.25) is 9.69 Å². The number of halogens is 1. The van der Waals surface area contributed by atoms with Gasteiger partial charge in [-0.15, -0.1) is 0 Å². The van der Waals surface area contributed by atoms with Crippen molar-refractivity contribution in [1.82, 2.24) is 19.5 Å². The number of aromatic nitrogens is 1. The van der Waals surface area contributed by atoms with Gasteiger partial charge in [-0.1, -0.05) is 6.92 Å². The molecule has 1 fully saturated rings. The van der Waals surface area contributed by atoms with E-state index < -0.39 is 29.1 Å². The summed E-state index contributed by atoms with van der Waals surface area (Å²) in [7, 11) is -1.40. The molecule has 1 saturated heterocycles. The molecule has 1 amide bonds. The summed E-state index contributed by atoms with van der Waals surface area (Å²) in [5, 5.41) is 12.0. The van der Waals surface area contributed by atoms with Crippen LogP contribution in [-0.4, -0.2) is 72.7 Å². The van der Waals surface area contributed by atoms with E-state index in [2.05, 4.69) is 10.3 Å². The number of hydrogen-bond donors (Lipinski definition) is 3. The number of benzene rings is 1. The quantitative estimate of drug-likeness (QED) is 0.167. The van der Waals surface area contributed by atoms with E-state index in [0.29, 0.717) is 48.9 Å². The highest BCUT2D eigenvalue weighted by Crippen LogP contribution is 2.34. The van der Waals surface area contributed by atoms with Gasteiger partial charge < -0.3 is 19.6 Å². The third-order valence-corrected chi connectivity index (χ3v) is 7.81. The summed E-state index contributed by atoms with van der Waals surface area (Å²) in [6, 6.07) is 7.38. The van der Waals surface area contributed by atoms with E-state index in [4.69, 9.17) is 14.3 Å². The zero-order valence-electron chi connectivity index (χ0n) is 22.4. The number of thiol groups is 1. The van der Waals surface area contributed by atoms with E-state index in [0.717, 1.165) is 18.5 Å². The summed E-state index contributed by atoms with van der Waals surface area (Å²) in [6.07, 6.45) is 1.52. The number of carboxylic acid groups (broad SMARTS) is 1. The van der Waals surface area contributed by atoms with Crippen molar-refractivity contribution >= 4 is 34.1 Å². The predicted molar refractivity (Wildman–Crippen MR) is 146 cm³/mol. The molecule has 4 rings (SSSR count). The second-order valence-electron chi connectivity index (χ2n) is 9.54. The molecule has 0 saturated carbocycles. The molecular weight excluding hydrogens is 543 g/mol. The zero-order chi connectivity index (χ0) is 28.8. The topological polar surface area (TPSA) is 142 Å². The number of likely N-dealkylation sites (tertiary alicyclic amines) is 1. The molecule has 40 heavy (non-hydrogen) atoms. The molecule has 1 atom stereocenters. The summed E-state index contributed by atoms with van der Waals surface area (Å²) < 4.78 is 50.0. The first-order valence-corrected chi connectivity index (χ1v) is 14.3. The second kappa shape index (κ2) is 13.2. The molecular formula is C27H33FN4O7S. The highest BCUT2D eigenvalue weighted by atomic mass is 32.2. The smallest absolute Gasteiger partial charge is 0.450 e. The number of furan rings is 1. The number of nitrogens with one attached hydrogen (secondary N) is 1. The molecule has 1 aromatic carbocycles. The predicted octanol–water partition coefficient (Wildman–Crippen LogP) is 3.78. The van der Waals surface area contributed by atoms with Crippen LogP contribution in [0.4, 0.5) is 9.18 Å². The fourth-order valence-corrected chi connectivity index (χ4v) is 5.55. The molecule has 2 aromatic heterocycles. The van der Waals surface area contributed by atoms with Gasteiger partial charge in [0.05, 0.1) is 23.2 Å². The third-order valence-electron chi connectivity index (χ3n) is 7.01. The Labute approximate surface area is 233 Å². The number of unbranched alkanes of at least 4 members (excludes halogenated alkanes) is 1. The lowest BCUT2D eigenvalue weighted by Crippen LogP contribution is -2.34. The Bertz CT molecular complexity index is 1430. The Morgan fingerprint density at radius 1 is 1.27 bits per heavy atom. The minimum atomic E-state index is -2.90. The van der Waals surface area contributed by atoms with Crippen molar-refractivity contribution in [3.05, 3.63) is 53.0 Å². The Hall–Kier alpha value is -3.55. The maximum absolute atomic E-state index is 13.5. The van der Waals surface area contributed by atoms with Crippen LogP contribution in [0, 0.1) is 5.82 Å². The Morgan fingerprint density at radius 3 is 2.67 bits per heavy atom. The molecule has 3 heterocycles. The molecule has 11 nitrogen and oxygen atoms in total. The molecule has 216 valence electrons. The van der Waals surface area contributed by atoms with Crippen LogP contribution < -0.4 is 5.32 Å². The second-order valence-corrected chi connectivity index (χ2v) is 10.6. The lowest BCUT2D eigenvalue weighted by Gasteiger charge is -2.23. The van der Waals surface area contributed by atoms with Crippen LogP contribution in [0.15, 0.2) is 34.7 Å². The van der Waals surface area contributed by atoms with Crippen LogP contribution in [0.2, 0.25) is 0 Å². The number of amides is 1. The van der Waals surface area contributed by atoms with E-state index in [1.165, 1.54) is 35.6 Å². The van der Waals surface area contributed by atoms with Crippen molar-refractivity contribution in [2.45, 2.75) is 51.8 Å². The maximum atomic E-state index is 13.5. The molecule has 0 spiro atoms. The number of fused-ring (bicyclic) bond motifs is 1. The van der Waals surface area contributed by atoms with Gasteiger partial charge in [-0.2, -0.15) is 4.31 Å². The van der Waals surface area contributed by atoms with Crippen LogP contribution in [0.5, 0.6) is 0 Å². The summed E-state index contributed by atoms with van der Waals surface area (Å²) in [4.78, 5) is 30.3. The van der Waals surface area contributed by atoms with Gasteiger partial charge in [0.25, 0.3) is 5.91 Å².